The van der Waals surface area contributed by atoms with E-state index in [0.717, 1.165) is 55.9 Å². The van der Waals surface area contributed by atoms with Gasteiger partial charge in [0, 0.05) is 66.9 Å². The summed E-state index contributed by atoms with van der Waals surface area (Å²) >= 11 is 0. The number of benzene rings is 6. The van der Waals surface area contributed by atoms with Gasteiger partial charge in [0.15, 0.2) is 0 Å². The van der Waals surface area contributed by atoms with Crippen LogP contribution in [-0.4, -0.2) is 9.55 Å². The molecular weight excluding hydrogens is 990 g/mol. The maximum absolute atomic E-state index is 9.83. The Morgan fingerprint density at radius 2 is 1.24 bits per heavy atom. The zero-order valence-electron chi connectivity index (χ0n) is 40.2. The van der Waals surface area contributed by atoms with Gasteiger partial charge in [-0.25, -0.2) is 4.98 Å². The molecule has 0 bridgehead atoms. The fraction of sp³-hybridized carbons (Fsp3) is 0.271. The molecule has 2 aromatic heterocycles. The number of para-hydroxylation sites is 1. The predicted octanol–water partition coefficient (Wildman–Crippen LogP) is 15.7. The Kier molecular flexibility index (Phi) is 11.9. The molecule has 0 radical (unpaired) electrons. The Hall–Kier alpha value is -6.15. The number of anilines is 4. The van der Waals surface area contributed by atoms with Gasteiger partial charge in [-0.3, -0.25) is 0 Å². The quantitative estimate of drug-likeness (QED) is 0.155. The molecule has 0 amide bonds. The minimum Gasteiger partial charge on any atom is -0.509 e. The van der Waals surface area contributed by atoms with Crippen LogP contribution in [0.2, 0.25) is 0 Å². The first-order chi connectivity index (χ1) is 30.7. The average molecular weight is 1050 g/mol. The first-order valence-corrected chi connectivity index (χ1v) is 22.6. The van der Waals surface area contributed by atoms with E-state index in [4.69, 9.17) is 9.72 Å². The molecule has 0 spiro atoms. The molecule has 0 atom stereocenters. The number of nitriles is 1. The zero-order chi connectivity index (χ0) is 46.2. The minimum atomic E-state index is -0.0711. The van der Waals surface area contributed by atoms with Crippen LogP contribution in [0.1, 0.15) is 111 Å². The summed E-state index contributed by atoms with van der Waals surface area (Å²) in [5.41, 5.74) is 13.7. The molecular formula is C59H58N5OPt-3. The normalized spacial score (nSPS) is 13.2. The van der Waals surface area contributed by atoms with Gasteiger partial charge in [0.2, 0.25) is 0 Å². The van der Waals surface area contributed by atoms with E-state index in [2.05, 4.69) is 207 Å². The first kappa shape index (κ1) is 46.4. The molecule has 8 aromatic rings. The van der Waals surface area contributed by atoms with Gasteiger partial charge in [0.25, 0.3) is 0 Å². The summed E-state index contributed by atoms with van der Waals surface area (Å²) in [6.07, 6.45) is 1.86. The van der Waals surface area contributed by atoms with Crippen LogP contribution in [0.4, 0.5) is 22.7 Å². The number of hydrogen-bond acceptors (Lipinski definition) is 5. The second-order valence-corrected chi connectivity index (χ2v) is 21.5. The van der Waals surface area contributed by atoms with E-state index < -0.39 is 0 Å². The molecule has 0 fully saturated rings. The van der Waals surface area contributed by atoms with Crippen LogP contribution >= 0.6 is 0 Å². The van der Waals surface area contributed by atoms with Crippen molar-refractivity contribution in [3.8, 4) is 34.5 Å². The number of rotatable bonds is 6. The second kappa shape index (κ2) is 16.9. The fourth-order valence-corrected chi connectivity index (χ4v) is 8.66. The van der Waals surface area contributed by atoms with Crippen LogP contribution in [0.5, 0.6) is 11.5 Å². The van der Waals surface area contributed by atoms with Gasteiger partial charge < -0.3 is 19.1 Å². The van der Waals surface area contributed by atoms with E-state index >= 15 is 0 Å². The molecule has 7 heteroatoms. The standard InChI is InChI=1S/C59H58N5O.Pt/c1-56(2,3)40-17-13-16-39(29-40)48-20-15-21-52-55(48)63(45-31-42(58(7,8)9)30-43(32-45)59(10,11)12)37-62(52)44-18-14-19-46(34-44)65-47-23-24-49-50-28-38(36-60)22-25-51(50)64(53(49)35-47)54-33-41(26-27-61-54)57(4,5)6;/h13-33,37H,1-12H3;/q-3;. The Labute approximate surface area is 406 Å². The first-order valence-electron chi connectivity index (χ1n) is 22.6. The fourth-order valence-electron chi connectivity index (χ4n) is 8.66. The van der Waals surface area contributed by atoms with Gasteiger partial charge >= 0.3 is 0 Å². The molecule has 66 heavy (non-hydrogen) atoms. The number of nitrogens with zero attached hydrogens (tertiary/aromatic N) is 5. The SMILES string of the molecule is CC(C)(C)c1cccc(-c2cccc3c2N(c2cc(C(C)(C)C)cc(C(C)(C)C)c2)[CH-]N3c2[c-]c(Oc3[c-]c4c(cc3)c3cc(C#N)ccc3n4-c3cc(C(C)(C)C)ccn3)ccc2)c1.[Pt]. The number of ether oxygens (including phenoxy) is 1. The Balaban J connectivity index is 0.00000592. The smallest absolute Gasteiger partial charge is 0.135 e. The van der Waals surface area contributed by atoms with Gasteiger partial charge in [0.05, 0.1) is 11.6 Å². The van der Waals surface area contributed by atoms with Crippen molar-refractivity contribution in [2.45, 2.75) is 105 Å². The van der Waals surface area contributed by atoms with E-state index in [1.54, 1.807) is 0 Å². The van der Waals surface area contributed by atoms with Gasteiger partial charge in [-0.2, -0.15) is 17.4 Å². The van der Waals surface area contributed by atoms with Crippen molar-refractivity contribution < 1.29 is 25.8 Å². The van der Waals surface area contributed by atoms with Crippen LogP contribution < -0.4 is 14.5 Å². The van der Waals surface area contributed by atoms with Gasteiger partial charge in [0.1, 0.15) is 5.82 Å². The Morgan fingerprint density at radius 3 is 1.92 bits per heavy atom. The molecule has 1 aliphatic rings. The predicted molar refractivity (Wildman–Crippen MR) is 269 cm³/mol. The van der Waals surface area contributed by atoms with Crippen LogP contribution in [0, 0.1) is 30.1 Å². The molecule has 0 saturated carbocycles. The van der Waals surface area contributed by atoms with E-state index in [9.17, 15) is 5.26 Å². The summed E-state index contributed by atoms with van der Waals surface area (Å²) in [5.74, 6) is 1.89. The van der Waals surface area contributed by atoms with E-state index in [1.807, 2.05) is 42.6 Å². The van der Waals surface area contributed by atoms with Crippen molar-refractivity contribution in [1.29, 1.82) is 5.26 Å². The largest absolute Gasteiger partial charge is 0.509 e. The van der Waals surface area contributed by atoms with Crippen molar-refractivity contribution >= 4 is 44.6 Å². The summed E-state index contributed by atoms with van der Waals surface area (Å²) in [6, 6.07) is 52.3. The van der Waals surface area contributed by atoms with Gasteiger partial charge in [-0.1, -0.05) is 131 Å². The third-order valence-electron chi connectivity index (χ3n) is 12.6. The molecule has 0 saturated heterocycles. The van der Waals surface area contributed by atoms with Crippen molar-refractivity contribution in [1.82, 2.24) is 9.55 Å². The molecule has 0 unspecified atom stereocenters. The topological polar surface area (TPSA) is 57.3 Å². The van der Waals surface area contributed by atoms with Crippen LogP contribution in [0.3, 0.4) is 0 Å². The monoisotopic (exact) mass is 1050 g/mol. The molecule has 6 aromatic carbocycles. The number of hydrogen-bond donors (Lipinski definition) is 0. The number of pyridine rings is 1. The second-order valence-electron chi connectivity index (χ2n) is 21.5. The van der Waals surface area contributed by atoms with Crippen LogP contribution in [0.15, 0.2) is 128 Å². The number of fused-ring (bicyclic) bond motifs is 4. The third-order valence-corrected chi connectivity index (χ3v) is 12.6. The van der Waals surface area contributed by atoms with Crippen molar-refractivity contribution in [2.24, 2.45) is 0 Å². The maximum Gasteiger partial charge on any atom is 0.135 e. The zero-order valence-corrected chi connectivity index (χ0v) is 42.4. The summed E-state index contributed by atoms with van der Waals surface area (Å²) in [5, 5.41) is 11.7. The molecule has 1 aliphatic heterocycles. The van der Waals surface area contributed by atoms with E-state index in [0.29, 0.717) is 17.1 Å². The summed E-state index contributed by atoms with van der Waals surface area (Å²) in [7, 11) is 0. The van der Waals surface area contributed by atoms with Crippen LogP contribution in [-0.2, 0) is 42.7 Å². The average Bonchev–Trinajstić information content (AvgIpc) is 3.81. The Bertz CT molecular complexity index is 3150. The number of aromatic nitrogens is 2. The van der Waals surface area contributed by atoms with Gasteiger partial charge in [-0.15, -0.1) is 48.1 Å². The third kappa shape index (κ3) is 8.79. The van der Waals surface area contributed by atoms with Crippen molar-refractivity contribution in [3.05, 3.63) is 174 Å². The summed E-state index contributed by atoms with van der Waals surface area (Å²) < 4.78 is 8.81. The molecule has 0 aliphatic carbocycles. The van der Waals surface area contributed by atoms with E-state index in [1.165, 1.54) is 27.8 Å². The Morgan fingerprint density at radius 1 is 0.591 bits per heavy atom. The summed E-state index contributed by atoms with van der Waals surface area (Å²) in [4.78, 5) is 9.44. The molecule has 338 valence electrons. The van der Waals surface area contributed by atoms with Crippen LogP contribution in [0.25, 0.3) is 38.8 Å². The molecule has 3 heterocycles. The molecule has 0 N–H and O–H groups in total. The molecule has 9 rings (SSSR count). The van der Waals surface area contributed by atoms with E-state index in [-0.39, 0.29) is 42.7 Å². The van der Waals surface area contributed by atoms with Crippen molar-refractivity contribution in [3.63, 3.8) is 0 Å². The maximum atomic E-state index is 9.83. The summed E-state index contributed by atoms with van der Waals surface area (Å²) in [6.45, 7) is 29.3. The molecule has 6 nitrogen and oxygen atoms in total. The van der Waals surface area contributed by atoms with Gasteiger partial charge in [-0.05, 0) is 103 Å². The minimum absolute atomic E-state index is 0. The van der Waals surface area contributed by atoms with Crippen molar-refractivity contribution in [2.75, 3.05) is 9.80 Å².